The molecule has 0 spiro atoms. The standard InChI is InChI=1S/C19H40NO.BrH/c1-7-8-9-10-11-14-20(5,6)18-15-17(16(2)3)12-13-19(18,4)21;/h16-18,21H,7-15H2,1-6H3;1H/q+1;/p-1. The van der Waals surface area contributed by atoms with Crippen LogP contribution in [0, 0.1) is 11.8 Å². The Bertz CT molecular complexity index is 302. The predicted molar refractivity (Wildman–Crippen MR) is 92.3 cm³/mol. The van der Waals surface area contributed by atoms with Gasteiger partial charge in [-0.2, -0.15) is 0 Å². The summed E-state index contributed by atoms with van der Waals surface area (Å²) >= 11 is 0. The fourth-order valence-corrected chi connectivity index (χ4v) is 4.23. The van der Waals surface area contributed by atoms with E-state index in [9.17, 15) is 5.11 Å². The summed E-state index contributed by atoms with van der Waals surface area (Å²) in [4.78, 5) is 0. The first-order valence-corrected chi connectivity index (χ1v) is 9.25. The fraction of sp³-hybridized carbons (Fsp3) is 1.00. The predicted octanol–water partition coefficient (Wildman–Crippen LogP) is 1.61. The molecule has 3 atom stereocenters. The van der Waals surface area contributed by atoms with Crippen molar-refractivity contribution in [3.05, 3.63) is 0 Å². The highest BCUT2D eigenvalue weighted by Crippen LogP contribution is 2.40. The Morgan fingerprint density at radius 3 is 2.27 bits per heavy atom. The highest BCUT2D eigenvalue weighted by Gasteiger charge is 2.47. The van der Waals surface area contributed by atoms with Crippen LogP contribution < -0.4 is 17.0 Å². The average molecular weight is 378 g/mol. The Labute approximate surface area is 150 Å². The van der Waals surface area contributed by atoms with Gasteiger partial charge in [0, 0.05) is 6.42 Å². The van der Waals surface area contributed by atoms with Crippen LogP contribution in [0.4, 0.5) is 0 Å². The van der Waals surface area contributed by atoms with Crippen LogP contribution in [0.1, 0.15) is 79.1 Å². The summed E-state index contributed by atoms with van der Waals surface area (Å²) in [7, 11) is 4.67. The monoisotopic (exact) mass is 377 g/mol. The number of rotatable bonds is 8. The molecular weight excluding hydrogens is 338 g/mol. The molecule has 0 aromatic carbocycles. The number of halogens is 1. The van der Waals surface area contributed by atoms with E-state index in [0.29, 0.717) is 6.04 Å². The normalized spacial score (nSPS) is 29.5. The zero-order valence-electron chi connectivity index (χ0n) is 15.9. The molecule has 1 N–H and O–H groups in total. The van der Waals surface area contributed by atoms with E-state index in [0.717, 1.165) is 22.7 Å². The summed E-state index contributed by atoms with van der Waals surface area (Å²) in [5, 5.41) is 10.9. The number of hydrogen-bond acceptors (Lipinski definition) is 1. The molecule has 134 valence electrons. The molecule has 1 saturated carbocycles. The van der Waals surface area contributed by atoms with Gasteiger partial charge in [-0.1, -0.05) is 40.0 Å². The summed E-state index contributed by atoms with van der Waals surface area (Å²) in [6.07, 6.45) is 10.0. The van der Waals surface area contributed by atoms with Gasteiger partial charge in [0.05, 0.1) is 20.6 Å². The Balaban J connectivity index is 0.00000441. The van der Waals surface area contributed by atoms with Gasteiger partial charge in [-0.25, -0.2) is 0 Å². The van der Waals surface area contributed by atoms with Crippen molar-refractivity contribution in [1.82, 2.24) is 0 Å². The molecule has 0 aromatic heterocycles. The zero-order chi connectivity index (χ0) is 16.1. The Morgan fingerprint density at radius 2 is 1.73 bits per heavy atom. The molecule has 1 rings (SSSR count). The minimum absolute atomic E-state index is 0. The maximum atomic E-state index is 10.9. The van der Waals surface area contributed by atoms with Crippen LogP contribution in [0.3, 0.4) is 0 Å². The van der Waals surface area contributed by atoms with Crippen molar-refractivity contribution < 1.29 is 26.6 Å². The van der Waals surface area contributed by atoms with Gasteiger partial charge in [0.25, 0.3) is 0 Å². The summed E-state index contributed by atoms with van der Waals surface area (Å²) in [6, 6.07) is 0.393. The number of quaternary nitrogens is 1. The second-order valence-electron chi connectivity index (χ2n) is 8.57. The molecule has 1 aliphatic rings. The minimum Gasteiger partial charge on any atom is -1.00 e. The molecule has 1 aliphatic carbocycles. The van der Waals surface area contributed by atoms with Crippen molar-refractivity contribution in [1.29, 1.82) is 0 Å². The molecule has 1 fully saturated rings. The van der Waals surface area contributed by atoms with Gasteiger partial charge < -0.3 is 26.6 Å². The zero-order valence-corrected chi connectivity index (χ0v) is 17.5. The molecule has 0 radical (unpaired) electrons. The second-order valence-corrected chi connectivity index (χ2v) is 8.57. The van der Waals surface area contributed by atoms with Crippen molar-refractivity contribution in [3.8, 4) is 0 Å². The first kappa shape index (κ1) is 22.4. The van der Waals surface area contributed by atoms with E-state index >= 15 is 0 Å². The van der Waals surface area contributed by atoms with Gasteiger partial charge in [0.2, 0.25) is 0 Å². The van der Waals surface area contributed by atoms with Crippen molar-refractivity contribution in [3.63, 3.8) is 0 Å². The van der Waals surface area contributed by atoms with Gasteiger partial charge in [-0.3, -0.25) is 0 Å². The van der Waals surface area contributed by atoms with Crippen LogP contribution in [-0.4, -0.2) is 41.9 Å². The van der Waals surface area contributed by atoms with Crippen LogP contribution in [-0.2, 0) is 0 Å². The van der Waals surface area contributed by atoms with Crippen LogP contribution in [0.15, 0.2) is 0 Å². The first-order chi connectivity index (χ1) is 9.70. The number of likely N-dealkylation sites (N-methyl/N-ethyl adjacent to an activating group) is 1. The van der Waals surface area contributed by atoms with Crippen molar-refractivity contribution in [2.75, 3.05) is 20.6 Å². The summed E-state index contributed by atoms with van der Waals surface area (Å²) < 4.78 is 0.988. The highest BCUT2D eigenvalue weighted by atomic mass is 79.9. The molecule has 0 amide bonds. The fourth-order valence-electron chi connectivity index (χ4n) is 4.23. The molecule has 0 heterocycles. The molecule has 0 saturated heterocycles. The lowest BCUT2D eigenvalue weighted by Crippen LogP contribution is -3.00. The number of nitrogens with zero attached hydrogens (tertiary/aromatic N) is 1. The third-order valence-corrected chi connectivity index (χ3v) is 5.89. The van der Waals surface area contributed by atoms with E-state index in [1.54, 1.807) is 0 Å². The highest BCUT2D eigenvalue weighted by molar-refractivity contribution is 4.91. The van der Waals surface area contributed by atoms with Gasteiger partial charge in [0.1, 0.15) is 11.6 Å². The summed E-state index contributed by atoms with van der Waals surface area (Å²) in [5.74, 6) is 1.53. The third-order valence-electron chi connectivity index (χ3n) is 5.89. The van der Waals surface area contributed by atoms with E-state index in [-0.39, 0.29) is 17.0 Å². The summed E-state index contributed by atoms with van der Waals surface area (Å²) in [6.45, 7) is 10.2. The van der Waals surface area contributed by atoms with Crippen molar-refractivity contribution in [2.24, 2.45) is 11.8 Å². The van der Waals surface area contributed by atoms with Crippen LogP contribution in [0.5, 0.6) is 0 Å². The van der Waals surface area contributed by atoms with Crippen LogP contribution in [0.25, 0.3) is 0 Å². The smallest absolute Gasteiger partial charge is 0.118 e. The molecule has 3 unspecified atom stereocenters. The largest absolute Gasteiger partial charge is 1.00 e. The van der Waals surface area contributed by atoms with E-state index in [1.165, 1.54) is 51.5 Å². The number of hydrogen-bond donors (Lipinski definition) is 1. The van der Waals surface area contributed by atoms with Gasteiger partial charge in [-0.15, -0.1) is 0 Å². The molecule has 0 bridgehead atoms. The third kappa shape index (κ3) is 6.49. The lowest BCUT2D eigenvalue weighted by Gasteiger charge is -2.50. The van der Waals surface area contributed by atoms with Gasteiger partial charge in [-0.05, 0) is 44.4 Å². The van der Waals surface area contributed by atoms with Crippen LogP contribution >= 0.6 is 0 Å². The van der Waals surface area contributed by atoms with Crippen molar-refractivity contribution in [2.45, 2.75) is 90.7 Å². The van der Waals surface area contributed by atoms with Gasteiger partial charge in [0.15, 0.2) is 0 Å². The first-order valence-electron chi connectivity index (χ1n) is 9.25. The Hall–Kier alpha value is 0.400. The van der Waals surface area contributed by atoms with E-state index in [4.69, 9.17) is 0 Å². The molecule has 3 heteroatoms. The Morgan fingerprint density at radius 1 is 1.14 bits per heavy atom. The van der Waals surface area contributed by atoms with Gasteiger partial charge >= 0.3 is 0 Å². The lowest BCUT2D eigenvalue weighted by molar-refractivity contribution is -0.924. The van der Waals surface area contributed by atoms with Crippen LogP contribution in [0.2, 0.25) is 0 Å². The lowest BCUT2D eigenvalue weighted by atomic mass is 9.71. The number of unbranched alkanes of at least 4 members (excludes halogenated alkanes) is 4. The molecule has 22 heavy (non-hydrogen) atoms. The maximum Gasteiger partial charge on any atom is 0.118 e. The van der Waals surface area contributed by atoms with E-state index in [2.05, 4.69) is 41.8 Å². The Kier molecular flexibility index (Phi) is 9.81. The average Bonchev–Trinajstić information content (AvgIpc) is 2.37. The van der Waals surface area contributed by atoms with E-state index < -0.39 is 5.60 Å². The SMILES string of the molecule is CCCCCCC[N+](C)(C)C1CC(C(C)C)CCC1(C)O.[Br-]. The maximum absolute atomic E-state index is 10.9. The second kappa shape index (κ2) is 9.64. The molecule has 0 aliphatic heterocycles. The quantitative estimate of drug-likeness (QED) is 0.503. The minimum atomic E-state index is -0.488. The summed E-state index contributed by atoms with van der Waals surface area (Å²) in [5.41, 5.74) is -0.488. The molecular formula is C19H40BrNO. The molecule has 0 aromatic rings. The topological polar surface area (TPSA) is 20.2 Å². The molecule has 2 nitrogen and oxygen atoms in total. The van der Waals surface area contributed by atoms with Crippen molar-refractivity contribution >= 4 is 0 Å². The number of aliphatic hydroxyl groups is 1. The van der Waals surface area contributed by atoms with E-state index in [1.807, 2.05) is 0 Å².